The van der Waals surface area contributed by atoms with Gasteiger partial charge in [-0.2, -0.15) is 10.3 Å². The van der Waals surface area contributed by atoms with E-state index in [4.69, 9.17) is 0 Å². The number of likely N-dealkylation sites (tertiary alicyclic amines) is 1. The molecule has 1 fully saturated rings. The molecule has 3 aliphatic heterocycles. The average molecular weight is 348 g/mol. The van der Waals surface area contributed by atoms with Crippen molar-refractivity contribution >= 4 is 12.4 Å². The third-order valence-electron chi connectivity index (χ3n) is 4.83. The molecule has 0 N–H and O–H groups in total. The first kappa shape index (κ1) is 16.2. The number of hydrazine groups is 1. The lowest BCUT2D eigenvalue weighted by Gasteiger charge is -2.44. The maximum Gasteiger partial charge on any atom is 0.350 e. The van der Waals surface area contributed by atoms with Crippen LogP contribution in [-0.4, -0.2) is 45.3 Å². The number of aliphatic imine (C=N–C) groups is 1. The van der Waals surface area contributed by atoms with Gasteiger partial charge in [0.15, 0.2) is 0 Å². The van der Waals surface area contributed by atoms with E-state index in [1.54, 1.807) is 28.4 Å². The van der Waals surface area contributed by atoms with Gasteiger partial charge in [-0.15, -0.1) is 0 Å². The second-order valence-electron chi connectivity index (χ2n) is 6.46. The highest BCUT2D eigenvalue weighted by atomic mass is 16.2. The van der Waals surface area contributed by atoms with E-state index in [-0.39, 0.29) is 6.03 Å². The topological polar surface area (TPSA) is 66.2 Å². The fourth-order valence-corrected chi connectivity index (χ4v) is 3.46. The van der Waals surface area contributed by atoms with Crippen LogP contribution in [-0.2, 0) is 6.54 Å². The van der Waals surface area contributed by atoms with Crippen LogP contribution in [0.5, 0.6) is 0 Å². The van der Waals surface area contributed by atoms with E-state index < -0.39 is 0 Å². The summed E-state index contributed by atoms with van der Waals surface area (Å²) in [4.78, 5) is 21.2. The number of piperidine rings is 1. The molecule has 7 nitrogen and oxygen atoms in total. The smallest absolute Gasteiger partial charge is 0.350 e. The Morgan fingerprint density at radius 3 is 2.77 bits per heavy atom. The molecule has 0 unspecified atom stereocenters. The molecule has 2 amide bonds. The van der Waals surface area contributed by atoms with E-state index in [9.17, 15) is 10.1 Å². The van der Waals surface area contributed by atoms with Gasteiger partial charge in [-0.1, -0.05) is 18.2 Å². The maximum atomic E-state index is 13.2. The summed E-state index contributed by atoms with van der Waals surface area (Å²) in [7, 11) is 0. The molecule has 3 heterocycles. The molecule has 3 aliphatic rings. The van der Waals surface area contributed by atoms with Gasteiger partial charge in [-0.25, -0.2) is 9.79 Å². The summed E-state index contributed by atoms with van der Waals surface area (Å²) in [5, 5.41) is 12.6. The molecule has 0 radical (unpaired) electrons. The fraction of sp³-hybridized carbons (Fsp3) is 0.316. The molecule has 0 atom stereocenters. The first-order chi connectivity index (χ1) is 12.8. The highest BCUT2D eigenvalue weighted by Crippen LogP contribution is 2.27. The van der Waals surface area contributed by atoms with Gasteiger partial charge in [-0.05, 0) is 30.9 Å². The van der Waals surface area contributed by atoms with Crippen LogP contribution < -0.4 is 0 Å². The normalized spacial score (nSPS) is 19.3. The number of rotatable bonds is 3. The number of carbonyl (C=O) groups excluding carboxylic acids is 1. The molecule has 7 heteroatoms. The van der Waals surface area contributed by atoms with Gasteiger partial charge < -0.3 is 4.90 Å². The summed E-state index contributed by atoms with van der Waals surface area (Å²) in [6, 6.07) is 9.46. The van der Waals surface area contributed by atoms with Crippen LogP contribution in [0.2, 0.25) is 0 Å². The third kappa shape index (κ3) is 2.90. The van der Waals surface area contributed by atoms with Crippen molar-refractivity contribution in [2.75, 3.05) is 13.1 Å². The van der Waals surface area contributed by atoms with E-state index in [1.807, 2.05) is 24.4 Å². The molecule has 1 saturated heterocycles. The Morgan fingerprint density at radius 1 is 1.15 bits per heavy atom. The van der Waals surface area contributed by atoms with Gasteiger partial charge in [0.2, 0.25) is 0 Å². The summed E-state index contributed by atoms with van der Waals surface area (Å²) in [5.74, 6) is 0.874. The van der Waals surface area contributed by atoms with E-state index in [2.05, 4.69) is 16.0 Å². The second-order valence-corrected chi connectivity index (χ2v) is 6.46. The number of amides is 2. The largest absolute Gasteiger partial charge is 0.357 e. The summed E-state index contributed by atoms with van der Waals surface area (Å²) < 4.78 is 0. The van der Waals surface area contributed by atoms with Gasteiger partial charge in [0, 0.05) is 25.5 Å². The van der Waals surface area contributed by atoms with Crippen LogP contribution in [0.15, 0.2) is 53.7 Å². The third-order valence-corrected chi connectivity index (χ3v) is 4.83. The zero-order chi connectivity index (χ0) is 17.9. The number of carbonyl (C=O) groups is 1. The number of hydrogen-bond donors (Lipinski definition) is 0. The van der Waals surface area contributed by atoms with Crippen molar-refractivity contribution in [3.63, 3.8) is 0 Å². The fourth-order valence-electron chi connectivity index (χ4n) is 3.46. The molecule has 1 aromatic carbocycles. The van der Waals surface area contributed by atoms with Gasteiger partial charge in [-0.3, -0.25) is 9.91 Å². The first-order valence-corrected chi connectivity index (χ1v) is 8.81. The Labute approximate surface area is 152 Å². The molecule has 0 bridgehead atoms. The standard InChI is InChI=1S/C19H20N6O/c20-12-16-6-2-3-7-17(16)13-24-18(22-9-4-1-5-10-22)14-23-11-8-21-15-25(23)19(24)26/h2-3,6-8,11,14-15H,1,4-5,9-10,13H2. The Morgan fingerprint density at radius 2 is 1.96 bits per heavy atom. The molecule has 0 spiro atoms. The monoisotopic (exact) mass is 348 g/mol. The number of urea groups is 1. The highest BCUT2D eigenvalue weighted by molar-refractivity contribution is 5.88. The van der Waals surface area contributed by atoms with Crippen molar-refractivity contribution in [1.29, 1.82) is 5.26 Å². The SMILES string of the molecule is N#Cc1ccccc1CN1C(=O)N2C=NC=CN2C=C1N1CCCCC1. The number of nitrogens with zero attached hydrogens (tertiary/aromatic N) is 6. The molecule has 26 heavy (non-hydrogen) atoms. The zero-order valence-corrected chi connectivity index (χ0v) is 14.5. The predicted molar refractivity (Wildman–Crippen MR) is 96.9 cm³/mol. The minimum Gasteiger partial charge on any atom is -0.357 e. The number of hydrogen-bond acceptors (Lipinski definition) is 5. The number of fused-ring (bicyclic) bond motifs is 1. The Bertz CT molecular complexity index is 831. The summed E-state index contributed by atoms with van der Waals surface area (Å²) in [6.07, 6.45) is 10.4. The summed E-state index contributed by atoms with van der Waals surface area (Å²) in [6.45, 7) is 2.22. The molecule has 1 aromatic rings. The lowest BCUT2D eigenvalue weighted by molar-refractivity contribution is 0.0858. The molecule has 4 rings (SSSR count). The van der Waals surface area contributed by atoms with Crippen LogP contribution in [0.25, 0.3) is 0 Å². The molecule has 0 aliphatic carbocycles. The van der Waals surface area contributed by atoms with Crippen LogP contribution >= 0.6 is 0 Å². The Kier molecular flexibility index (Phi) is 4.32. The van der Waals surface area contributed by atoms with Gasteiger partial charge in [0.25, 0.3) is 0 Å². The van der Waals surface area contributed by atoms with Crippen molar-refractivity contribution in [3.05, 3.63) is 59.8 Å². The summed E-state index contributed by atoms with van der Waals surface area (Å²) in [5.41, 5.74) is 1.43. The maximum absolute atomic E-state index is 13.2. The van der Waals surface area contributed by atoms with Gasteiger partial charge in [0.05, 0.1) is 24.4 Å². The number of nitriles is 1. The molecule has 0 saturated carbocycles. The molecular formula is C19H20N6O. The van der Waals surface area contributed by atoms with Crippen molar-refractivity contribution in [2.45, 2.75) is 25.8 Å². The van der Waals surface area contributed by atoms with Crippen LogP contribution in [0, 0.1) is 11.3 Å². The van der Waals surface area contributed by atoms with Crippen LogP contribution in [0.1, 0.15) is 30.4 Å². The van der Waals surface area contributed by atoms with Crippen molar-refractivity contribution in [1.82, 2.24) is 19.8 Å². The Balaban J connectivity index is 1.71. The highest BCUT2D eigenvalue weighted by Gasteiger charge is 2.35. The Hall–Kier alpha value is -3.27. The van der Waals surface area contributed by atoms with Crippen LogP contribution in [0.3, 0.4) is 0 Å². The lowest BCUT2D eigenvalue weighted by atomic mass is 10.1. The van der Waals surface area contributed by atoms with E-state index in [0.717, 1.165) is 37.3 Å². The zero-order valence-electron chi connectivity index (χ0n) is 14.5. The van der Waals surface area contributed by atoms with E-state index in [1.165, 1.54) is 17.8 Å². The van der Waals surface area contributed by atoms with Gasteiger partial charge in [0.1, 0.15) is 12.2 Å². The average Bonchev–Trinajstić information content (AvgIpc) is 2.71. The first-order valence-electron chi connectivity index (χ1n) is 8.81. The molecule has 0 aromatic heterocycles. The van der Waals surface area contributed by atoms with Gasteiger partial charge >= 0.3 is 6.03 Å². The van der Waals surface area contributed by atoms with E-state index >= 15 is 0 Å². The summed E-state index contributed by atoms with van der Waals surface area (Å²) >= 11 is 0. The lowest BCUT2D eigenvalue weighted by Crippen LogP contribution is -2.55. The quantitative estimate of drug-likeness (QED) is 0.842. The van der Waals surface area contributed by atoms with Crippen molar-refractivity contribution in [2.24, 2.45) is 4.99 Å². The molecular weight excluding hydrogens is 328 g/mol. The van der Waals surface area contributed by atoms with Crippen molar-refractivity contribution < 1.29 is 4.79 Å². The molecule has 132 valence electrons. The minimum atomic E-state index is -0.172. The van der Waals surface area contributed by atoms with E-state index in [0.29, 0.717) is 12.1 Å². The second kappa shape index (κ2) is 6.92. The van der Waals surface area contributed by atoms with Crippen LogP contribution in [0.4, 0.5) is 4.79 Å². The number of benzene rings is 1. The predicted octanol–water partition coefficient (Wildman–Crippen LogP) is 2.81. The minimum absolute atomic E-state index is 0.172. The van der Waals surface area contributed by atoms with Crippen molar-refractivity contribution in [3.8, 4) is 6.07 Å².